The van der Waals surface area contributed by atoms with Gasteiger partial charge in [-0.2, -0.15) is 0 Å². The fourth-order valence-electron chi connectivity index (χ4n) is 2.65. The molecule has 0 saturated carbocycles. The van der Waals surface area contributed by atoms with Crippen LogP contribution in [0.2, 0.25) is 0 Å². The second-order valence-electron chi connectivity index (χ2n) is 6.09. The first-order valence-electron chi connectivity index (χ1n) is 8.99. The predicted molar refractivity (Wildman–Crippen MR) is 131 cm³/mol. The maximum Gasteiger partial charge on any atom is 0.303 e. The number of unbranched alkanes of at least 4 members (excludes halogenated alkanes) is 14. The van der Waals surface area contributed by atoms with Crippen LogP contribution in [0.15, 0.2) is 0 Å². The van der Waals surface area contributed by atoms with E-state index in [9.17, 15) is 4.79 Å². The summed E-state index contributed by atoms with van der Waals surface area (Å²) in [4.78, 5) is 10.3. The fraction of sp³-hybridized carbons (Fsp3) is 0.944. The molecular formula is C18H60O14Zn. The molecule has 0 aromatic rings. The molecule has 0 unspecified atom stereocenters. The predicted octanol–water partition coefficient (Wildman–Crippen LogP) is -3.57. The Morgan fingerprint density at radius 1 is 0.424 bits per heavy atom. The van der Waals surface area contributed by atoms with Crippen molar-refractivity contribution < 1.29 is 95.1 Å². The van der Waals surface area contributed by atoms with Gasteiger partial charge in [0.15, 0.2) is 0 Å². The Bertz CT molecular complexity index is 230. The van der Waals surface area contributed by atoms with Gasteiger partial charge >= 0.3 is 5.97 Å². The molecule has 25 N–H and O–H groups in total. The number of carbonyl (C=O) groups is 1. The molecule has 0 bridgehead atoms. The molecule has 0 spiro atoms. The molecule has 0 saturated heterocycles. The van der Waals surface area contributed by atoms with Gasteiger partial charge in [0.2, 0.25) is 0 Å². The van der Waals surface area contributed by atoms with Crippen molar-refractivity contribution in [3.63, 3.8) is 0 Å². The molecule has 218 valence electrons. The van der Waals surface area contributed by atoms with Gasteiger partial charge in [0.1, 0.15) is 0 Å². The average molecular weight is 566 g/mol. The van der Waals surface area contributed by atoms with Gasteiger partial charge in [-0.15, -0.1) is 0 Å². The molecule has 0 aliphatic rings. The van der Waals surface area contributed by atoms with Gasteiger partial charge in [-0.05, 0) is 6.42 Å². The number of carboxylic acids is 1. The number of rotatable bonds is 16. The van der Waals surface area contributed by atoms with Crippen LogP contribution in [0.25, 0.3) is 0 Å². The summed E-state index contributed by atoms with van der Waals surface area (Å²) in [6.45, 7) is 2.27. The van der Waals surface area contributed by atoms with Crippen molar-refractivity contribution in [2.45, 2.75) is 110 Å². The van der Waals surface area contributed by atoms with E-state index >= 15 is 0 Å². The SMILES string of the molecule is CCCCCCCCCCCCCCCCCC(=O)O.O.O.O.O.O.O.O.O.O.O.O.O.[Zn]. The Morgan fingerprint density at radius 2 is 0.606 bits per heavy atom. The number of hydrogen-bond donors (Lipinski definition) is 1. The molecule has 33 heavy (non-hydrogen) atoms. The number of carboxylic acid groups (broad SMARTS) is 1. The largest absolute Gasteiger partial charge is 0.481 e. The second-order valence-corrected chi connectivity index (χ2v) is 6.09. The van der Waals surface area contributed by atoms with E-state index in [0.717, 1.165) is 12.8 Å². The molecule has 15 heteroatoms. The number of aliphatic carboxylic acids is 1. The average Bonchev–Trinajstić information content (AvgIpc) is 2.43. The molecule has 0 aliphatic carbocycles. The zero-order chi connectivity index (χ0) is 14.9. The summed E-state index contributed by atoms with van der Waals surface area (Å²) in [5.74, 6) is -0.653. The molecule has 0 rings (SSSR count). The smallest absolute Gasteiger partial charge is 0.303 e. The van der Waals surface area contributed by atoms with Crippen LogP contribution < -0.4 is 0 Å². The minimum atomic E-state index is -0.653. The van der Waals surface area contributed by atoms with E-state index in [-0.39, 0.29) is 85.2 Å². The third kappa shape index (κ3) is 100. The molecule has 0 atom stereocenters. The van der Waals surface area contributed by atoms with E-state index in [1.165, 1.54) is 83.5 Å². The van der Waals surface area contributed by atoms with Gasteiger partial charge in [0.05, 0.1) is 0 Å². The minimum absolute atomic E-state index is 0. The van der Waals surface area contributed by atoms with Crippen LogP contribution in [0.5, 0.6) is 0 Å². The van der Waals surface area contributed by atoms with E-state index in [1.54, 1.807) is 0 Å². The Labute approximate surface area is 211 Å². The Morgan fingerprint density at radius 3 is 0.788 bits per heavy atom. The van der Waals surface area contributed by atoms with Crippen molar-refractivity contribution in [1.82, 2.24) is 0 Å². The Kier molecular flexibility index (Phi) is 244. The van der Waals surface area contributed by atoms with Crippen LogP contribution in [-0.2, 0) is 24.3 Å². The van der Waals surface area contributed by atoms with E-state index in [0.29, 0.717) is 6.42 Å². The van der Waals surface area contributed by atoms with Gasteiger partial charge in [0.25, 0.3) is 0 Å². The first kappa shape index (κ1) is 94.1. The van der Waals surface area contributed by atoms with Crippen molar-refractivity contribution in [3.8, 4) is 0 Å². The Balaban J connectivity index is -0.0000000231. The van der Waals surface area contributed by atoms with Crippen LogP contribution >= 0.6 is 0 Å². The van der Waals surface area contributed by atoms with E-state index in [1.807, 2.05) is 0 Å². The molecule has 0 heterocycles. The third-order valence-electron chi connectivity index (χ3n) is 3.99. The summed E-state index contributed by atoms with van der Waals surface area (Å²) in [6.07, 6.45) is 20.2. The van der Waals surface area contributed by atoms with Crippen LogP contribution in [0.4, 0.5) is 0 Å². The maximum absolute atomic E-state index is 10.3. The standard InChI is InChI=1S/C18H36O2.12H2O.Zn/c1-2-3-4-5-6-7-8-9-10-11-12-13-14-15-16-17-18(19)20;;;;;;;;;;;;;/h2-17H2,1H3,(H,19,20);12*1H2;. The topological polar surface area (TPSA) is 415 Å². The maximum atomic E-state index is 10.3. The summed E-state index contributed by atoms with van der Waals surface area (Å²) in [5.41, 5.74) is 0. The monoisotopic (exact) mass is 564 g/mol. The van der Waals surface area contributed by atoms with Crippen LogP contribution in [0.1, 0.15) is 110 Å². The van der Waals surface area contributed by atoms with Gasteiger partial charge in [0, 0.05) is 25.9 Å². The normalized spacial score (nSPS) is 6.58. The van der Waals surface area contributed by atoms with Gasteiger partial charge in [-0.25, -0.2) is 0 Å². The third-order valence-corrected chi connectivity index (χ3v) is 3.99. The second kappa shape index (κ2) is 85.5. The summed E-state index contributed by atoms with van der Waals surface area (Å²) < 4.78 is 0. The quantitative estimate of drug-likeness (QED) is 0.146. The summed E-state index contributed by atoms with van der Waals surface area (Å²) in [7, 11) is 0. The van der Waals surface area contributed by atoms with Crippen molar-refractivity contribution in [2.24, 2.45) is 0 Å². The van der Waals surface area contributed by atoms with E-state index in [4.69, 9.17) is 5.11 Å². The van der Waals surface area contributed by atoms with Crippen molar-refractivity contribution in [1.29, 1.82) is 0 Å². The van der Waals surface area contributed by atoms with Gasteiger partial charge in [-0.1, -0.05) is 96.8 Å². The molecule has 0 amide bonds. The van der Waals surface area contributed by atoms with E-state index in [2.05, 4.69) is 6.92 Å². The first-order chi connectivity index (χ1) is 9.77. The molecule has 0 fully saturated rings. The van der Waals surface area contributed by atoms with Gasteiger partial charge in [-0.3, -0.25) is 4.79 Å². The molecule has 0 aromatic heterocycles. The summed E-state index contributed by atoms with van der Waals surface area (Å²) in [5, 5.41) is 8.52. The van der Waals surface area contributed by atoms with Crippen LogP contribution in [-0.4, -0.2) is 76.8 Å². The van der Waals surface area contributed by atoms with Crippen molar-refractivity contribution in [2.75, 3.05) is 0 Å². The fourth-order valence-corrected chi connectivity index (χ4v) is 2.65. The minimum Gasteiger partial charge on any atom is -0.481 e. The summed E-state index contributed by atoms with van der Waals surface area (Å²) >= 11 is 0. The van der Waals surface area contributed by atoms with Crippen molar-refractivity contribution in [3.05, 3.63) is 0 Å². The van der Waals surface area contributed by atoms with Crippen molar-refractivity contribution >= 4 is 5.97 Å². The number of hydrogen-bond acceptors (Lipinski definition) is 1. The van der Waals surface area contributed by atoms with Crippen LogP contribution in [0.3, 0.4) is 0 Å². The van der Waals surface area contributed by atoms with Crippen LogP contribution in [0, 0.1) is 0 Å². The molecule has 0 aliphatic heterocycles. The zero-order valence-electron chi connectivity index (χ0n) is 20.4. The molecule has 14 nitrogen and oxygen atoms in total. The van der Waals surface area contributed by atoms with Gasteiger partial charge < -0.3 is 70.8 Å². The zero-order valence-corrected chi connectivity index (χ0v) is 23.3. The molecule has 0 radical (unpaired) electrons. The summed E-state index contributed by atoms with van der Waals surface area (Å²) in [6, 6.07) is 0. The first-order valence-corrected chi connectivity index (χ1v) is 8.99. The Hall–Kier alpha value is -0.387. The molecular weight excluding hydrogens is 506 g/mol. The molecule has 0 aromatic carbocycles. The van der Waals surface area contributed by atoms with E-state index < -0.39 is 5.97 Å².